The molecule has 1 fully saturated rings. The van der Waals surface area contributed by atoms with Crippen LogP contribution in [0.4, 0.5) is 0 Å². The van der Waals surface area contributed by atoms with Gasteiger partial charge in [-0.1, -0.05) is 6.92 Å². The number of guanidine groups is 1. The molecule has 19 heavy (non-hydrogen) atoms. The van der Waals surface area contributed by atoms with Crippen molar-refractivity contribution in [2.45, 2.75) is 26.2 Å². The molecule has 0 aromatic carbocycles. The van der Waals surface area contributed by atoms with Crippen LogP contribution in [0, 0.1) is 5.92 Å². The van der Waals surface area contributed by atoms with Gasteiger partial charge < -0.3 is 20.3 Å². The highest BCUT2D eigenvalue weighted by molar-refractivity contribution is 5.79. The molecule has 1 aliphatic heterocycles. The molecule has 0 aromatic heterocycles. The fourth-order valence-electron chi connectivity index (χ4n) is 2.39. The summed E-state index contributed by atoms with van der Waals surface area (Å²) >= 11 is 0. The fraction of sp³-hybridized carbons (Fsp3) is 0.929. The Hall–Kier alpha value is -0.810. The molecular formula is C14H30N4O. The van der Waals surface area contributed by atoms with Gasteiger partial charge in [-0.3, -0.25) is 4.99 Å². The van der Waals surface area contributed by atoms with Crippen LogP contribution in [0.5, 0.6) is 0 Å². The summed E-state index contributed by atoms with van der Waals surface area (Å²) in [5.41, 5.74) is 0. The van der Waals surface area contributed by atoms with Crippen LogP contribution in [-0.2, 0) is 4.74 Å². The third-order valence-electron chi connectivity index (χ3n) is 3.43. The predicted molar refractivity (Wildman–Crippen MR) is 80.7 cm³/mol. The standard InChI is InChI=1S/C14H30N4O/c1-13(12-18-8-4-5-9-18)11-17-14(15-2)16-7-6-10-19-3/h13H,4-12H2,1-3H3,(H2,15,16,17). The van der Waals surface area contributed by atoms with E-state index in [0.717, 1.165) is 32.1 Å². The first-order chi connectivity index (χ1) is 9.26. The second-order valence-electron chi connectivity index (χ2n) is 5.34. The van der Waals surface area contributed by atoms with Gasteiger partial charge in [0.2, 0.25) is 0 Å². The van der Waals surface area contributed by atoms with Gasteiger partial charge in [0.15, 0.2) is 5.96 Å². The summed E-state index contributed by atoms with van der Waals surface area (Å²) in [7, 11) is 3.55. The summed E-state index contributed by atoms with van der Waals surface area (Å²) in [5.74, 6) is 1.54. The summed E-state index contributed by atoms with van der Waals surface area (Å²) < 4.78 is 5.02. The molecule has 0 spiro atoms. The molecular weight excluding hydrogens is 240 g/mol. The van der Waals surface area contributed by atoms with Gasteiger partial charge in [-0.05, 0) is 38.3 Å². The lowest BCUT2D eigenvalue weighted by molar-refractivity contribution is 0.195. The van der Waals surface area contributed by atoms with E-state index in [-0.39, 0.29) is 0 Å². The average molecular weight is 270 g/mol. The maximum absolute atomic E-state index is 5.02. The quantitative estimate of drug-likeness (QED) is 0.391. The van der Waals surface area contributed by atoms with Gasteiger partial charge in [-0.2, -0.15) is 0 Å². The van der Waals surface area contributed by atoms with Gasteiger partial charge in [0.05, 0.1) is 0 Å². The zero-order valence-electron chi connectivity index (χ0n) is 12.7. The minimum absolute atomic E-state index is 0.649. The van der Waals surface area contributed by atoms with Gasteiger partial charge in [0.25, 0.3) is 0 Å². The molecule has 5 heteroatoms. The third kappa shape index (κ3) is 7.38. The monoisotopic (exact) mass is 270 g/mol. The highest BCUT2D eigenvalue weighted by atomic mass is 16.5. The van der Waals surface area contributed by atoms with E-state index in [2.05, 4.69) is 27.4 Å². The molecule has 1 aliphatic rings. The number of ether oxygens (including phenoxy) is 1. The Morgan fingerprint density at radius 3 is 2.68 bits per heavy atom. The number of nitrogens with one attached hydrogen (secondary N) is 2. The van der Waals surface area contributed by atoms with Crippen molar-refractivity contribution in [1.82, 2.24) is 15.5 Å². The second kappa shape index (κ2) is 10.0. The van der Waals surface area contributed by atoms with Crippen LogP contribution in [0.1, 0.15) is 26.2 Å². The van der Waals surface area contributed by atoms with Gasteiger partial charge >= 0.3 is 0 Å². The molecule has 1 rings (SSSR count). The maximum atomic E-state index is 5.02. The minimum atomic E-state index is 0.649. The lowest BCUT2D eigenvalue weighted by Gasteiger charge is -2.21. The molecule has 0 radical (unpaired) electrons. The maximum Gasteiger partial charge on any atom is 0.190 e. The first kappa shape index (κ1) is 16.2. The Labute approximate surface area is 117 Å². The van der Waals surface area contributed by atoms with Crippen molar-refractivity contribution in [3.05, 3.63) is 0 Å². The second-order valence-corrected chi connectivity index (χ2v) is 5.34. The van der Waals surface area contributed by atoms with Crippen LogP contribution < -0.4 is 10.6 Å². The van der Waals surface area contributed by atoms with E-state index < -0.39 is 0 Å². The van der Waals surface area contributed by atoms with E-state index in [4.69, 9.17) is 4.74 Å². The average Bonchev–Trinajstić information content (AvgIpc) is 2.91. The number of likely N-dealkylation sites (tertiary alicyclic amines) is 1. The van der Waals surface area contributed by atoms with Crippen molar-refractivity contribution in [2.24, 2.45) is 10.9 Å². The summed E-state index contributed by atoms with van der Waals surface area (Å²) in [4.78, 5) is 6.79. The van der Waals surface area contributed by atoms with Gasteiger partial charge in [0.1, 0.15) is 0 Å². The Morgan fingerprint density at radius 2 is 2.05 bits per heavy atom. The lowest BCUT2D eigenvalue weighted by Crippen LogP contribution is -2.41. The van der Waals surface area contributed by atoms with E-state index in [1.54, 1.807) is 7.11 Å². The number of methoxy groups -OCH3 is 1. The Morgan fingerprint density at radius 1 is 1.32 bits per heavy atom. The number of rotatable bonds is 8. The molecule has 0 saturated carbocycles. The Balaban J connectivity index is 2.10. The summed E-state index contributed by atoms with van der Waals surface area (Å²) in [5, 5.41) is 6.69. The Bertz CT molecular complexity index is 252. The predicted octanol–water partition coefficient (Wildman–Crippen LogP) is 0.920. The minimum Gasteiger partial charge on any atom is -0.385 e. The van der Waals surface area contributed by atoms with E-state index in [1.165, 1.54) is 32.5 Å². The zero-order chi connectivity index (χ0) is 13.9. The highest BCUT2D eigenvalue weighted by Gasteiger charge is 2.14. The fourth-order valence-corrected chi connectivity index (χ4v) is 2.39. The van der Waals surface area contributed by atoms with Crippen LogP contribution >= 0.6 is 0 Å². The molecule has 0 bridgehead atoms. The van der Waals surface area contributed by atoms with Crippen LogP contribution in [-0.4, -0.2) is 64.3 Å². The molecule has 1 heterocycles. The summed E-state index contributed by atoms with van der Waals surface area (Å²) in [6, 6.07) is 0. The summed E-state index contributed by atoms with van der Waals surface area (Å²) in [6.45, 7) is 8.68. The van der Waals surface area contributed by atoms with E-state index >= 15 is 0 Å². The van der Waals surface area contributed by atoms with Gasteiger partial charge in [-0.15, -0.1) is 0 Å². The molecule has 0 aromatic rings. The van der Waals surface area contributed by atoms with Crippen molar-refractivity contribution in [1.29, 1.82) is 0 Å². The molecule has 1 unspecified atom stereocenters. The summed E-state index contributed by atoms with van der Waals surface area (Å²) in [6.07, 6.45) is 3.73. The largest absolute Gasteiger partial charge is 0.385 e. The van der Waals surface area contributed by atoms with Crippen molar-refractivity contribution in [3.63, 3.8) is 0 Å². The van der Waals surface area contributed by atoms with Crippen LogP contribution in [0.25, 0.3) is 0 Å². The highest BCUT2D eigenvalue weighted by Crippen LogP contribution is 2.09. The van der Waals surface area contributed by atoms with Crippen LogP contribution in [0.3, 0.4) is 0 Å². The van der Waals surface area contributed by atoms with Crippen molar-refractivity contribution >= 4 is 5.96 Å². The topological polar surface area (TPSA) is 48.9 Å². The normalized spacial score (nSPS) is 18.6. The van der Waals surface area contributed by atoms with Crippen molar-refractivity contribution in [3.8, 4) is 0 Å². The molecule has 112 valence electrons. The van der Waals surface area contributed by atoms with E-state index in [0.29, 0.717) is 5.92 Å². The molecule has 1 atom stereocenters. The van der Waals surface area contributed by atoms with Crippen molar-refractivity contribution < 1.29 is 4.74 Å². The molecule has 5 nitrogen and oxygen atoms in total. The Kier molecular flexibility index (Phi) is 8.58. The van der Waals surface area contributed by atoms with Crippen LogP contribution in [0.2, 0.25) is 0 Å². The molecule has 0 amide bonds. The van der Waals surface area contributed by atoms with E-state index in [9.17, 15) is 0 Å². The SMILES string of the molecule is CN=C(NCCCOC)NCC(C)CN1CCCC1. The number of hydrogen-bond donors (Lipinski definition) is 2. The smallest absolute Gasteiger partial charge is 0.190 e. The zero-order valence-corrected chi connectivity index (χ0v) is 12.7. The lowest BCUT2D eigenvalue weighted by atomic mass is 10.1. The number of hydrogen-bond acceptors (Lipinski definition) is 3. The number of nitrogens with zero attached hydrogens (tertiary/aromatic N) is 2. The van der Waals surface area contributed by atoms with Crippen molar-refractivity contribution in [2.75, 3.05) is 53.5 Å². The first-order valence-electron chi connectivity index (χ1n) is 7.42. The molecule has 0 aliphatic carbocycles. The van der Waals surface area contributed by atoms with Gasteiger partial charge in [-0.25, -0.2) is 0 Å². The van der Waals surface area contributed by atoms with Gasteiger partial charge in [0, 0.05) is 40.4 Å². The number of aliphatic imine (C=N–C) groups is 1. The molecule has 2 N–H and O–H groups in total. The van der Waals surface area contributed by atoms with Crippen LogP contribution in [0.15, 0.2) is 4.99 Å². The third-order valence-corrected chi connectivity index (χ3v) is 3.43. The van der Waals surface area contributed by atoms with E-state index in [1.807, 2.05) is 7.05 Å². The molecule has 1 saturated heterocycles. The first-order valence-corrected chi connectivity index (χ1v) is 7.42.